The van der Waals surface area contributed by atoms with Gasteiger partial charge in [0.2, 0.25) is 0 Å². The largest absolute Gasteiger partial charge is 0.378 e. The highest BCUT2D eigenvalue weighted by atomic mass is 16.5. The molecule has 8 nitrogen and oxygen atoms in total. The third-order valence-electron chi connectivity index (χ3n) is 6.29. The smallest absolute Gasteiger partial charge is 0.122 e. The Morgan fingerprint density at radius 2 is 1.41 bits per heavy atom. The van der Waals surface area contributed by atoms with E-state index in [0.717, 1.165) is 31.9 Å². The van der Waals surface area contributed by atoms with Crippen LogP contribution in [-0.4, -0.2) is 61.1 Å². The van der Waals surface area contributed by atoms with Crippen LogP contribution < -0.4 is 26.6 Å². The lowest BCUT2D eigenvalue weighted by atomic mass is 9.71. The van der Waals surface area contributed by atoms with Crippen LogP contribution in [0.1, 0.15) is 25.3 Å². The van der Waals surface area contributed by atoms with E-state index in [9.17, 15) is 10.2 Å². The second-order valence-electron chi connectivity index (χ2n) is 7.92. The second-order valence-corrected chi connectivity index (χ2v) is 7.92. The SMILES string of the molecule is CC1NNC(O)C1C(c1ccc(N2CCOCC2)cc1)C1C(C)NNC1O. The minimum Gasteiger partial charge on any atom is -0.378 e. The van der Waals surface area contributed by atoms with Crippen molar-refractivity contribution < 1.29 is 14.9 Å². The lowest BCUT2D eigenvalue weighted by molar-refractivity contribution is 0.0397. The summed E-state index contributed by atoms with van der Waals surface area (Å²) in [5, 5.41) is 21.1. The Balaban J connectivity index is 1.64. The number of aliphatic hydroxyl groups excluding tert-OH is 2. The molecular weight excluding hydrogens is 346 g/mol. The molecule has 0 aromatic heterocycles. The summed E-state index contributed by atoms with van der Waals surface area (Å²) in [6.45, 7) is 7.46. The van der Waals surface area contributed by atoms with Crippen LogP contribution >= 0.6 is 0 Å². The molecule has 8 heteroatoms. The van der Waals surface area contributed by atoms with Gasteiger partial charge in [-0.1, -0.05) is 12.1 Å². The van der Waals surface area contributed by atoms with Gasteiger partial charge in [0.25, 0.3) is 0 Å². The highest BCUT2D eigenvalue weighted by Gasteiger charge is 2.47. The molecule has 4 rings (SSSR count). The van der Waals surface area contributed by atoms with E-state index >= 15 is 0 Å². The maximum absolute atomic E-state index is 10.6. The molecule has 3 heterocycles. The molecule has 0 spiro atoms. The normalized spacial score (nSPS) is 38.3. The Morgan fingerprint density at radius 3 is 1.85 bits per heavy atom. The topological polar surface area (TPSA) is 101 Å². The number of ether oxygens (including phenoxy) is 1. The van der Waals surface area contributed by atoms with Crippen LogP contribution in [-0.2, 0) is 4.74 Å². The van der Waals surface area contributed by atoms with Crippen molar-refractivity contribution in [1.82, 2.24) is 21.7 Å². The molecule has 0 aliphatic carbocycles. The summed E-state index contributed by atoms with van der Waals surface area (Å²) in [6.07, 6.45) is -1.33. The van der Waals surface area contributed by atoms with Gasteiger partial charge < -0.3 is 19.8 Å². The summed E-state index contributed by atoms with van der Waals surface area (Å²) >= 11 is 0. The first-order valence-corrected chi connectivity index (χ1v) is 9.87. The summed E-state index contributed by atoms with van der Waals surface area (Å²) in [6, 6.07) is 8.75. The van der Waals surface area contributed by atoms with Gasteiger partial charge in [-0.2, -0.15) is 0 Å². The molecule has 3 aliphatic heterocycles. The fourth-order valence-electron chi connectivity index (χ4n) is 4.81. The zero-order valence-electron chi connectivity index (χ0n) is 15.9. The number of nitrogens with zero attached hydrogens (tertiary/aromatic N) is 1. The van der Waals surface area contributed by atoms with Crippen LogP contribution in [0, 0.1) is 11.8 Å². The number of morpholine rings is 1. The average molecular weight is 377 g/mol. The zero-order chi connectivity index (χ0) is 19.0. The first-order chi connectivity index (χ1) is 13.1. The Labute approximate surface area is 160 Å². The fraction of sp³-hybridized carbons (Fsp3) is 0.684. The van der Waals surface area contributed by atoms with E-state index in [2.05, 4.69) is 64.7 Å². The van der Waals surface area contributed by atoms with Gasteiger partial charge in [0, 0.05) is 48.6 Å². The minimum absolute atomic E-state index is 0.0104. The molecule has 6 atom stereocenters. The Morgan fingerprint density at radius 1 is 0.889 bits per heavy atom. The molecule has 1 aromatic carbocycles. The lowest BCUT2D eigenvalue weighted by Gasteiger charge is -2.36. The van der Waals surface area contributed by atoms with E-state index in [1.165, 1.54) is 5.69 Å². The van der Waals surface area contributed by atoms with Crippen molar-refractivity contribution in [3.8, 4) is 0 Å². The van der Waals surface area contributed by atoms with Crippen molar-refractivity contribution in [2.75, 3.05) is 31.2 Å². The number of hydrogen-bond donors (Lipinski definition) is 6. The van der Waals surface area contributed by atoms with Crippen molar-refractivity contribution in [2.24, 2.45) is 11.8 Å². The van der Waals surface area contributed by atoms with Gasteiger partial charge in [-0.15, -0.1) is 0 Å². The van der Waals surface area contributed by atoms with Gasteiger partial charge in [-0.25, -0.2) is 10.9 Å². The maximum Gasteiger partial charge on any atom is 0.122 e. The van der Waals surface area contributed by atoms with Crippen molar-refractivity contribution in [2.45, 2.75) is 44.3 Å². The first-order valence-electron chi connectivity index (χ1n) is 9.87. The number of nitrogens with one attached hydrogen (secondary N) is 4. The van der Waals surface area contributed by atoms with E-state index in [1.54, 1.807) is 0 Å². The molecule has 0 radical (unpaired) electrons. The van der Waals surface area contributed by atoms with Gasteiger partial charge in [0.05, 0.1) is 13.2 Å². The lowest BCUT2D eigenvalue weighted by Crippen LogP contribution is -2.41. The molecule has 6 unspecified atom stereocenters. The summed E-state index contributed by atoms with van der Waals surface area (Å²) in [5.41, 5.74) is 14.5. The summed E-state index contributed by atoms with van der Waals surface area (Å²) in [7, 11) is 0. The number of hydrazine groups is 2. The summed E-state index contributed by atoms with van der Waals surface area (Å²) in [4.78, 5) is 2.33. The maximum atomic E-state index is 10.6. The van der Waals surface area contributed by atoms with Crippen molar-refractivity contribution >= 4 is 5.69 Å². The van der Waals surface area contributed by atoms with Gasteiger partial charge in [-0.05, 0) is 31.5 Å². The molecule has 1 aromatic rings. The average Bonchev–Trinajstić information content (AvgIpc) is 3.20. The summed E-state index contributed by atoms with van der Waals surface area (Å²) in [5.74, 6) is -0.116. The number of rotatable bonds is 4. The number of aliphatic hydroxyl groups is 2. The molecule has 150 valence electrons. The van der Waals surface area contributed by atoms with E-state index in [1.807, 2.05) is 0 Å². The zero-order valence-corrected chi connectivity index (χ0v) is 15.9. The van der Waals surface area contributed by atoms with Crippen LogP contribution in [0.3, 0.4) is 0 Å². The van der Waals surface area contributed by atoms with Crippen molar-refractivity contribution in [1.29, 1.82) is 0 Å². The van der Waals surface area contributed by atoms with Crippen molar-refractivity contribution in [3.05, 3.63) is 29.8 Å². The van der Waals surface area contributed by atoms with Crippen molar-refractivity contribution in [3.63, 3.8) is 0 Å². The van der Waals surface area contributed by atoms with E-state index in [-0.39, 0.29) is 29.8 Å². The molecule has 0 bridgehead atoms. The molecule has 0 saturated carbocycles. The van der Waals surface area contributed by atoms with Gasteiger partial charge in [-0.3, -0.25) is 10.9 Å². The molecule has 3 aliphatic rings. The molecule has 3 fully saturated rings. The molecular formula is C19H31N5O3. The Kier molecular flexibility index (Phi) is 5.65. The molecule has 3 saturated heterocycles. The third kappa shape index (κ3) is 3.71. The molecule has 27 heavy (non-hydrogen) atoms. The van der Waals surface area contributed by atoms with Crippen LogP contribution in [0.4, 0.5) is 5.69 Å². The monoisotopic (exact) mass is 377 g/mol. The third-order valence-corrected chi connectivity index (χ3v) is 6.29. The van der Waals surface area contributed by atoms with Crippen LogP contribution in [0.25, 0.3) is 0 Å². The number of hydrogen-bond acceptors (Lipinski definition) is 8. The number of benzene rings is 1. The number of anilines is 1. The quantitative estimate of drug-likeness (QED) is 0.417. The predicted octanol–water partition coefficient (Wildman–Crippen LogP) is -0.531. The minimum atomic E-state index is -0.663. The Hall–Kier alpha value is -1.26. The highest BCUT2D eigenvalue weighted by Crippen LogP contribution is 2.41. The van der Waals surface area contributed by atoms with E-state index in [4.69, 9.17) is 4.74 Å². The Bertz CT molecular complexity index is 580. The van der Waals surface area contributed by atoms with Gasteiger partial charge >= 0.3 is 0 Å². The van der Waals surface area contributed by atoms with Crippen LogP contribution in [0.5, 0.6) is 0 Å². The summed E-state index contributed by atoms with van der Waals surface area (Å²) < 4.78 is 5.44. The van der Waals surface area contributed by atoms with E-state index in [0.29, 0.717) is 0 Å². The predicted molar refractivity (Wildman–Crippen MR) is 103 cm³/mol. The van der Waals surface area contributed by atoms with Gasteiger partial charge in [0.1, 0.15) is 12.5 Å². The molecule has 0 amide bonds. The standard InChI is InChI=1S/C19H31N5O3/c1-11-15(18(25)22-20-11)17(16-12(2)21-23-19(16)26)13-3-5-14(6-4-13)24-7-9-27-10-8-24/h3-6,11-12,15-23,25-26H,7-10H2,1-2H3. The van der Waals surface area contributed by atoms with E-state index < -0.39 is 12.5 Å². The van der Waals surface area contributed by atoms with Crippen LogP contribution in [0.2, 0.25) is 0 Å². The fourth-order valence-corrected chi connectivity index (χ4v) is 4.81. The van der Waals surface area contributed by atoms with Crippen LogP contribution in [0.15, 0.2) is 24.3 Å². The molecule has 6 N–H and O–H groups in total. The first kappa shape index (κ1) is 19.1. The highest BCUT2D eigenvalue weighted by molar-refractivity contribution is 5.48. The second kappa shape index (κ2) is 8.00. The van der Waals surface area contributed by atoms with Gasteiger partial charge in [0.15, 0.2) is 0 Å².